The minimum atomic E-state index is -4.90. The topological polar surface area (TPSA) is 55.4 Å². The number of carbonyl (C=O) groups is 1. The summed E-state index contributed by atoms with van der Waals surface area (Å²) in [6, 6.07) is 5.23. The Morgan fingerprint density at radius 3 is 2.26 bits per heavy atom. The summed E-state index contributed by atoms with van der Waals surface area (Å²) in [6.07, 6.45) is -4.90. The predicted octanol–water partition coefficient (Wildman–Crippen LogP) is 6.31. The van der Waals surface area contributed by atoms with Crippen LogP contribution in [-0.2, 0) is 16.7 Å². The van der Waals surface area contributed by atoms with Crippen LogP contribution in [0.3, 0.4) is 0 Å². The Bertz CT molecular complexity index is 851. The van der Waals surface area contributed by atoms with Gasteiger partial charge in [0.05, 0.1) is 11.1 Å². The standard InChI is InChI=1S/C16H10ClF5NO3P/c1-15(18,19)8-4-9(16(20,21)22)6-11(5-8)23-14(24)12-7-10(17)2-3-13(12)26-27-25/h2-7H,1H3,(H,23,24). The summed E-state index contributed by atoms with van der Waals surface area (Å²) in [4.78, 5) is 12.4. The van der Waals surface area contributed by atoms with Crippen LogP contribution >= 0.6 is 20.3 Å². The molecule has 0 fully saturated rings. The summed E-state index contributed by atoms with van der Waals surface area (Å²) in [5.74, 6) is -4.71. The van der Waals surface area contributed by atoms with E-state index in [1.165, 1.54) is 12.1 Å². The molecule has 0 atom stereocenters. The van der Waals surface area contributed by atoms with Crippen molar-refractivity contribution >= 4 is 31.9 Å². The fraction of sp³-hybridized carbons (Fsp3) is 0.188. The fourth-order valence-electron chi connectivity index (χ4n) is 2.11. The molecule has 144 valence electrons. The third-order valence-corrected chi connectivity index (χ3v) is 3.85. The Morgan fingerprint density at radius 2 is 1.70 bits per heavy atom. The number of rotatable bonds is 5. The van der Waals surface area contributed by atoms with Crippen molar-refractivity contribution in [2.75, 3.05) is 5.32 Å². The van der Waals surface area contributed by atoms with Gasteiger partial charge in [-0.25, -0.2) is 13.3 Å². The number of amides is 1. The van der Waals surface area contributed by atoms with Gasteiger partial charge in [0, 0.05) is 23.2 Å². The van der Waals surface area contributed by atoms with Gasteiger partial charge in [-0.3, -0.25) is 4.79 Å². The monoisotopic (exact) mass is 425 g/mol. The SMILES string of the molecule is CC(F)(F)c1cc(NC(=O)c2cc(Cl)ccc2OP=O)cc(C(F)(F)F)c1. The average molecular weight is 426 g/mol. The maximum atomic E-state index is 13.5. The van der Waals surface area contributed by atoms with Crippen molar-refractivity contribution in [1.29, 1.82) is 0 Å². The zero-order chi connectivity index (χ0) is 20.4. The van der Waals surface area contributed by atoms with E-state index in [2.05, 4.69) is 5.32 Å². The molecule has 0 spiro atoms. The molecule has 1 N–H and O–H groups in total. The zero-order valence-electron chi connectivity index (χ0n) is 13.4. The van der Waals surface area contributed by atoms with Gasteiger partial charge in [-0.2, -0.15) is 13.2 Å². The number of carbonyl (C=O) groups excluding carboxylic acids is 1. The molecule has 1 amide bonds. The molecule has 0 aliphatic rings. The highest BCUT2D eigenvalue weighted by atomic mass is 35.5. The van der Waals surface area contributed by atoms with Crippen LogP contribution in [0.4, 0.5) is 27.6 Å². The van der Waals surface area contributed by atoms with Gasteiger partial charge in [0.25, 0.3) is 11.8 Å². The quantitative estimate of drug-likeness (QED) is 0.451. The number of hydrogen-bond acceptors (Lipinski definition) is 3. The fourth-order valence-corrected chi connectivity index (χ4v) is 2.53. The first-order valence-corrected chi connectivity index (χ1v) is 8.24. The summed E-state index contributed by atoms with van der Waals surface area (Å²) < 4.78 is 81.3. The van der Waals surface area contributed by atoms with E-state index in [1.54, 1.807) is 0 Å². The van der Waals surface area contributed by atoms with Crippen LogP contribution in [0.2, 0.25) is 5.02 Å². The lowest BCUT2D eigenvalue weighted by atomic mass is 10.0. The summed E-state index contributed by atoms with van der Waals surface area (Å²) in [5, 5.41) is 2.19. The maximum absolute atomic E-state index is 13.5. The molecule has 4 nitrogen and oxygen atoms in total. The van der Waals surface area contributed by atoms with Gasteiger partial charge in [-0.15, -0.1) is 0 Å². The van der Waals surface area contributed by atoms with Crippen molar-refractivity contribution in [3.05, 3.63) is 58.1 Å². The summed E-state index contributed by atoms with van der Waals surface area (Å²) >= 11 is 5.77. The zero-order valence-corrected chi connectivity index (χ0v) is 15.1. The molecule has 0 heterocycles. The molecule has 0 aromatic heterocycles. The Balaban J connectivity index is 2.46. The Labute approximate surface area is 156 Å². The van der Waals surface area contributed by atoms with Crippen LogP contribution in [0.25, 0.3) is 0 Å². The molecule has 2 aromatic rings. The van der Waals surface area contributed by atoms with Crippen LogP contribution in [0.1, 0.15) is 28.4 Å². The molecule has 0 aliphatic carbocycles. The van der Waals surface area contributed by atoms with Crippen molar-refractivity contribution in [3.63, 3.8) is 0 Å². The molecule has 2 rings (SSSR count). The van der Waals surface area contributed by atoms with Gasteiger partial charge in [0.1, 0.15) is 5.75 Å². The Morgan fingerprint density at radius 1 is 1.07 bits per heavy atom. The van der Waals surface area contributed by atoms with Crippen molar-refractivity contribution in [2.24, 2.45) is 0 Å². The van der Waals surface area contributed by atoms with E-state index in [9.17, 15) is 31.3 Å². The lowest BCUT2D eigenvalue weighted by molar-refractivity contribution is -0.137. The minimum Gasteiger partial charge on any atom is -0.407 e. The number of anilines is 1. The molecule has 0 unspecified atom stereocenters. The van der Waals surface area contributed by atoms with E-state index >= 15 is 0 Å². The van der Waals surface area contributed by atoms with Gasteiger partial charge in [-0.1, -0.05) is 11.6 Å². The van der Waals surface area contributed by atoms with E-state index in [0.717, 1.165) is 12.1 Å². The molecule has 0 saturated carbocycles. The second-order valence-electron chi connectivity index (χ2n) is 5.45. The predicted molar refractivity (Wildman–Crippen MR) is 88.7 cm³/mol. The van der Waals surface area contributed by atoms with E-state index < -0.39 is 43.5 Å². The molecule has 0 bridgehead atoms. The van der Waals surface area contributed by atoms with Gasteiger partial charge >= 0.3 is 14.9 Å². The van der Waals surface area contributed by atoms with Crippen LogP contribution in [-0.4, -0.2) is 5.91 Å². The van der Waals surface area contributed by atoms with Gasteiger partial charge in [-0.05, 0) is 36.4 Å². The van der Waals surface area contributed by atoms with Gasteiger partial charge in [0.15, 0.2) is 0 Å². The highest BCUT2D eigenvalue weighted by Gasteiger charge is 2.34. The average Bonchev–Trinajstić information content (AvgIpc) is 2.54. The number of benzene rings is 2. The summed E-state index contributed by atoms with van der Waals surface area (Å²) in [6.45, 7) is 0.435. The molecule has 11 heteroatoms. The molecular formula is C16H10ClF5NO3P. The van der Waals surface area contributed by atoms with Crippen molar-refractivity contribution in [3.8, 4) is 5.75 Å². The smallest absolute Gasteiger partial charge is 0.407 e. The second kappa shape index (κ2) is 7.78. The van der Waals surface area contributed by atoms with Crippen molar-refractivity contribution in [1.82, 2.24) is 0 Å². The largest absolute Gasteiger partial charge is 0.416 e. The Kier molecular flexibility index (Phi) is 6.07. The van der Waals surface area contributed by atoms with Crippen LogP contribution in [0, 0.1) is 0 Å². The van der Waals surface area contributed by atoms with E-state index in [0.29, 0.717) is 19.1 Å². The maximum Gasteiger partial charge on any atom is 0.416 e. The normalized spacial score (nSPS) is 12.1. The first kappa shape index (κ1) is 21.1. The highest BCUT2D eigenvalue weighted by molar-refractivity contribution is 7.17. The molecule has 0 aliphatic heterocycles. The molecular weight excluding hydrogens is 416 g/mol. The van der Waals surface area contributed by atoms with Crippen molar-refractivity contribution < 1.29 is 35.8 Å². The highest BCUT2D eigenvalue weighted by Crippen LogP contribution is 2.37. The van der Waals surface area contributed by atoms with Crippen LogP contribution in [0.15, 0.2) is 36.4 Å². The third kappa shape index (κ3) is 5.37. The van der Waals surface area contributed by atoms with E-state index in [-0.39, 0.29) is 16.3 Å². The molecule has 0 radical (unpaired) electrons. The summed E-state index contributed by atoms with van der Waals surface area (Å²) in [7, 11) is -0.781. The second-order valence-corrected chi connectivity index (χ2v) is 6.21. The van der Waals surface area contributed by atoms with Crippen LogP contribution < -0.4 is 9.84 Å². The van der Waals surface area contributed by atoms with E-state index in [1.807, 2.05) is 0 Å². The molecule has 0 saturated heterocycles. The number of hydrogen-bond donors (Lipinski definition) is 1. The number of alkyl halides is 5. The van der Waals surface area contributed by atoms with Gasteiger partial charge < -0.3 is 9.84 Å². The van der Waals surface area contributed by atoms with Gasteiger partial charge in [0.2, 0.25) is 0 Å². The number of halogens is 6. The van der Waals surface area contributed by atoms with Crippen LogP contribution in [0.5, 0.6) is 5.75 Å². The third-order valence-electron chi connectivity index (χ3n) is 3.35. The first-order valence-electron chi connectivity index (χ1n) is 7.13. The minimum absolute atomic E-state index is 0.0971. The van der Waals surface area contributed by atoms with Crippen molar-refractivity contribution in [2.45, 2.75) is 19.0 Å². The number of nitrogens with one attached hydrogen (secondary N) is 1. The lowest BCUT2D eigenvalue weighted by Gasteiger charge is -2.17. The molecule has 27 heavy (non-hydrogen) atoms. The van der Waals surface area contributed by atoms with E-state index in [4.69, 9.17) is 16.1 Å². The summed E-state index contributed by atoms with van der Waals surface area (Å²) in [5.41, 5.74) is -3.02. The lowest BCUT2D eigenvalue weighted by Crippen LogP contribution is -2.16. The first-order chi connectivity index (χ1) is 12.4. The Hall–Kier alpha value is -2.25. The molecule has 2 aromatic carbocycles.